The van der Waals surface area contributed by atoms with Crippen LogP contribution in [0.4, 0.5) is 0 Å². The summed E-state index contributed by atoms with van der Waals surface area (Å²) in [4.78, 5) is 7.16. The number of nitrogens with one attached hydrogen (secondary N) is 2. The van der Waals surface area contributed by atoms with Gasteiger partial charge in [-0.25, -0.2) is 4.99 Å². The number of piperidine rings is 1. The number of aliphatic imine (C=N–C) groups is 1. The monoisotopic (exact) mass is 528 g/mol. The fourth-order valence-corrected chi connectivity index (χ4v) is 3.55. The number of nitrogens with zero attached hydrogens (tertiary/aromatic N) is 2. The molecule has 0 unspecified atom stereocenters. The van der Waals surface area contributed by atoms with Crippen LogP contribution in [0, 0.1) is 0 Å². The minimum absolute atomic E-state index is 0. The van der Waals surface area contributed by atoms with E-state index in [9.17, 15) is 5.11 Å². The maximum Gasteiger partial charge on any atom is 0.191 e. The summed E-state index contributed by atoms with van der Waals surface area (Å²) >= 11 is 5.97. The van der Waals surface area contributed by atoms with Crippen molar-refractivity contribution in [3.63, 3.8) is 0 Å². The molecule has 3 N–H and O–H groups in total. The first kappa shape index (κ1) is 23.8. The third-order valence-corrected chi connectivity index (χ3v) is 5.17. The molecule has 2 aromatic carbocycles. The summed E-state index contributed by atoms with van der Waals surface area (Å²) in [6.07, 6.45) is 2.17. The first-order valence-electron chi connectivity index (χ1n) is 9.92. The van der Waals surface area contributed by atoms with Gasteiger partial charge >= 0.3 is 0 Å². The van der Waals surface area contributed by atoms with Crippen molar-refractivity contribution in [2.45, 2.75) is 38.9 Å². The number of guanidine groups is 1. The second-order valence-corrected chi connectivity index (χ2v) is 7.62. The molecule has 0 radical (unpaired) electrons. The fraction of sp³-hybridized carbons (Fsp3) is 0.409. The van der Waals surface area contributed by atoms with Crippen molar-refractivity contribution in [3.8, 4) is 5.75 Å². The standard InChI is InChI=1S/C22H29ClN4O.HI/c1-2-24-22(25-15-18-4-3-5-21(28)14-18)26-20-10-12-27(13-11-20)16-17-6-8-19(23)9-7-17;/h3-9,14,20,28H,2,10-13,15-16H2,1H3,(H2,24,25,26);1H. The minimum Gasteiger partial charge on any atom is -0.508 e. The van der Waals surface area contributed by atoms with Gasteiger partial charge in [0.15, 0.2) is 5.96 Å². The average Bonchev–Trinajstić information content (AvgIpc) is 2.70. The molecule has 0 aliphatic carbocycles. The molecule has 0 saturated carbocycles. The molecule has 5 nitrogen and oxygen atoms in total. The number of phenols is 1. The first-order chi connectivity index (χ1) is 13.6. The normalized spacial score (nSPS) is 15.6. The third-order valence-electron chi connectivity index (χ3n) is 4.92. The highest BCUT2D eigenvalue weighted by atomic mass is 127. The minimum atomic E-state index is 0. The smallest absolute Gasteiger partial charge is 0.191 e. The second-order valence-electron chi connectivity index (χ2n) is 7.19. The van der Waals surface area contributed by atoms with Crippen molar-refractivity contribution < 1.29 is 5.11 Å². The summed E-state index contributed by atoms with van der Waals surface area (Å²) in [5.41, 5.74) is 2.30. The Bertz CT molecular complexity index is 777. The van der Waals surface area contributed by atoms with Crippen molar-refractivity contribution >= 4 is 41.5 Å². The number of phenolic OH excluding ortho intramolecular Hbond substituents is 1. The van der Waals surface area contributed by atoms with E-state index < -0.39 is 0 Å². The first-order valence-corrected chi connectivity index (χ1v) is 10.3. The van der Waals surface area contributed by atoms with E-state index in [0.29, 0.717) is 12.6 Å². The molecule has 2 aromatic rings. The van der Waals surface area contributed by atoms with E-state index in [1.807, 2.05) is 24.3 Å². The topological polar surface area (TPSA) is 59.9 Å². The summed E-state index contributed by atoms with van der Waals surface area (Å²) < 4.78 is 0. The maximum atomic E-state index is 9.60. The number of halogens is 2. The number of hydrogen-bond donors (Lipinski definition) is 3. The Morgan fingerprint density at radius 2 is 1.86 bits per heavy atom. The van der Waals surface area contributed by atoms with E-state index in [-0.39, 0.29) is 29.7 Å². The van der Waals surface area contributed by atoms with E-state index in [2.05, 4.69) is 39.6 Å². The van der Waals surface area contributed by atoms with Crippen molar-refractivity contribution in [2.75, 3.05) is 19.6 Å². The van der Waals surface area contributed by atoms with E-state index >= 15 is 0 Å². The summed E-state index contributed by atoms with van der Waals surface area (Å²) in [6.45, 7) is 6.52. The lowest BCUT2D eigenvalue weighted by Gasteiger charge is -2.33. The molecule has 7 heteroatoms. The van der Waals surface area contributed by atoms with Gasteiger partial charge in [0.1, 0.15) is 5.75 Å². The zero-order valence-electron chi connectivity index (χ0n) is 16.8. The van der Waals surface area contributed by atoms with Crippen LogP contribution in [-0.4, -0.2) is 41.6 Å². The number of aromatic hydroxyl groups is 1. The van der Waals surface area contributed by atoms with Gasteiger partial charge in [-0.15, -0.1) is 24.0 Å². The van der Waals surface area contributed by atoms with Crippen LogP contribution in [-0.2, 0) is 13.1 Å². The molecule has 1 saturated heterocycles. The molecular formula is C22H30ClIN4O. The number of hydrogen-bond acceptors (Lipinski definition) is 3. The van der Waals surface area contributed by atoms with Gasteiger partial charge in [0.2, 0.25) is 0 Å². The van der Waals surface area contributed by atoms with Crippen LogP contribution in [0.25, 0.3) is 0 Å². The highest BCUT2D eigenvalue weighted by Gasteiger charge is 2.20. The highest BCUT2D eigenvalue weighted by molar-refractivity contribution is 14.0. The summed E-state index contributed by atoms with van der Waals surface area (Å²) in [6, 6.07) is 15.8. The number of benzene rings is 2. The Hall–Kier alpha value is -1.51. The van der Waals surface area contributed by atoms with Gasteiger partial charge in [-0.05, 0) is 55.2 Å². The molecular weight excluding hydrogens is 499 g/mol. The molecule has 158 valence electrons. The maximum absolute atomic E-state index is 9.60. The predicted octanol–water partition coefficient (Wildman–Crippen LogP) is 4.38. The third kappa shape index (κ3) is 8.03. The Balaban J connectivity index is 0.00000300. The van der Waals surface area contributed by atoms with Crippen LogP contribution in [0.2, 0.25) is 5.02 Å². The molecule has 0 aromatic heterocycles. The summed E-state index contributed by atoms with van der Waals surface area (Å²) in [7, 11) is 0. The Kier molecular flexibility index (Phi) is 10.0. The molecule has 0 atom stereocenters. The molecule has 1 aliphatic heterocycles. The van der Waals surface area contributed by atoms with Gasteiger partial charge in [-0.3, -0.25) is 4.90 Å². The Labute approximate surface area is 195 Å². The lowest BCUT2D eigenvalue weighted by molar-refractivity contribution is 0.198. The fourth-order valence-electron chi connectivity index (χ4n) is 3.42. The Morgan fingerprint density at radius 3 is 2.52 bits per heavy atom. The zero-order valence-corrected chi connectivity index (χ0v) is 19.9. The van der Waals surface area contributed by atoms with Crippen LogP contribution >= 0.6 is 35.6 Å². The largest absolute Gasteiger partial charge is 0.508 e. The van der Waals surface area contributed by atoms with E-state index in [1.165, 1.54) is 5.56 Å². The van der Waals surface area contributed by atoms with Crippen molar-refractivity contribution in [1.29, 1.82) is 0 Å². The Morgan fingerprint density at radius 1 is 1.14 bits per heavy atom. The van der Waals surface area contributed by atoms with Crippen molar-refractivity contribution in [2.24, 2.45) is 4.99 Å². The SMILES string of the molecule is CCNC(=NCc1cccc(O)c1)NC1CCN(Cc2ccc(Cl)cc2)CC1.I. The molecule has 1 aliphatic rings. The predicted molar refractivity (Wildman–Crippen MR) is 131 cm³/mol. The van der Waals surface area contributed by atoms with E-state index in [1.54, 1.807) is 12.1 Å². The van der Waals surface area contributed by atoms with Crippen molar-refractivity contribution in [1.82, 2.24) is 15.5 Å². The van der Waals surface area contributed by atoms with Gasteiger partial charge in [0.25, 0.3) is 0 Å². The molecule has 3 rings (SSSR count). The molecule has 1 heterocycles. The van der Waals surface area contributed by atoms with Crippen molar-refractivity contribution in [3.05, 3.63) is 64.7 Å². The summed E-state index contributed by atoms with van der Waals surface area (Å²) in [5, 5.41) is 17.3. The number of rotatable bonds is 6. The van der Waals surface area contributed by atoms with Gasteiger partial charge in [0, 0.05) is 37.2 Å². The second kappa shape index (κ2) is 12.2. The average molecular weight is 529 g/mol. The van der Waals surface area contributed by atoms with E-state index in [0.717, 1.165) is 55.6 Å². The van der Waals surface area contributed by atoms with Crippen LogP contribution in [0.15, 0.2) is 53.5 Å². The van der Waals surface area contributed by atoms with Gasteiger partial charge in [-0.2, -0.15) is 0 Å². The van der Waals surface area contributed by atoms with E-state index in [4.69, 9.17) is 11.6 Å². The molecule has 1 fully saturated rings. The molecule has 0 bridgehead atoms. The van der Waals surface area contributed by atoms with Crippen LogP contribution in [0.3, 0.4) is 0 Å². The van der Waals surface area contributed by atoms with Gasteiger partial charge in [0.05, 0.1) is 6.54 Å². The van der Waals surface area contributed by atoms with Gasteiger partial charge < -0.3 is 15.7 Å². The molecule has 0 spiro atoms. The molecule has 0 amide bonds. The number of likely N-dealkylation sites (tertiary alicyclic amines) is 1. The lowest BCUT2D eigenvalue weighted by Crippen LogP contribution is -2.48. The van der Waals surface area contributed by atoms with Crippen LogP contribution < -0.4 is 10.6 Å². The summed E-state index contributed by atoms with van der Waals surface area (Å²) in [5.74, 6) is 1.11. The van der Waals surface area contributed by atoms with Gasteiger partial charge in [-0.1, -0.05) is 35.9 Å². The zero-order chi connectivity index (χ0) is 19.8. The quantitative estimate of drug-likeness (QED) is 0.296. The van der Waals surface area contributed by atoms with Crippen LogP contribution in [0.1, 0.15) is 30.9 Å². The highest BCUT2D eigenvalue weighted by Crippen LogP contribution is 2.16. The molecule has 29 heavy (non-hydrogen) atoms. The van der Waals surface area contributed by atoms with Crippen LogP contribution in [0.5, 0.6) is 5.75 Å². The lowest BCUT2D eigenvalue weighted by atomic mass is 10.0.